The molecule has 0 bridgehead atoms. The van der Waals surface area contributed by atoms with Crippen LogP contribution in [0.5, 0.6) is 0 Å². The Bertz CT molecular complexity index is 781. The largest absolute Gasteiger partial charge is 0.338 e. The maximum Gasteiger partial charge on any atom is 0.228 e. The van der Waals surface area contributed by atoms with Crippen LogP contribution in [0.3, 0.4) is 0 Å². The molecule has 4 nitrogen and oxygen atoms in total. The molecule has 3 rings (SSSR count). The number of nitrogens with zero attached hydrogens (tertiary/aromatic N) is 1. The zero-order chi connectivity index (χ0) is 18.7. The summed E-state index contributed by atoms with van der Waals surface area (Å²) in [6.07, 6.45) is 0.640. The average molecular weight is 350 g/mol. The van der Waals surface area contributed by atoms with Crippen molar-refractivity contribution in [3.05, 3.63) is 65.2 Å². The maximum absolute atomic E-state index is 12.8. The molecule has 2 atom stereocenters. The Morgan fingerprint density at radius 1 is 1.04 bits per heavy atom. The van der Waals surface area contributed by atoms with Crippen LogP contribution in [0.4, 0.5) is 5.69 Å². The molecule has 26 heavy (non-hydrogen) atoms. The normalized spacial score (nSPS) is 18.3. The quantitative estimate of drug-likeness (QED) is 0.858. The van der Waals surface area contributed by atoms with Crippen molar-refractivity contribution in [2.24, 2.45) is 11.8 Å². The van der Waals surface area contributed by atoms with Gasteiger partial charge in [-0.05, 0) is 56.0 Å². The summed E-state index contributed by atoms with van der Waals surface area (Å²) in [6.45, 7) is 7.24. The molecule has 0 saturated heterocycles. The number of nitrogens with one attached hydrogen (secondary N) is 1. The Kier molecular flexibility index (Phi) is 5.40. The third-order valence-electron chi connectivity index (χ3n) is 4.84. The van der Waals surface area contributed by atoms with E-state index in [1.165, 1.54) is 0 Å². The van der Waals surface area contributed by atoms with Crippen molar-refractivity contribution < 1.29 is 9.59 Å². The van der Waals surface area contributed by atoms with Gasteiger partial charge in [-0.15, -0.1) is 0 Å². The second-order valence-electron chi connectivity index (χ2n) is 7.15. The van der Waals surface area contributed by atoms with Crippen LogP contribution in [-0.2, 0) is 16.1 Å². The van der Waals surface area contributed by atoms with E-state index in [9.17, 15) is 9.59 Å². The predicted octanol–water partition coefficient (Wildman–Crippen LogP) is 3.93. The summed E-state index contributed by atoms with van der Waals surface area (Å²) < 4.78 is 0. The Morgan fingerprint density at radius 3 is 2.31 bits per heavy atom. The summed E-state index contributed by atoms with van der Waals surface area (Å²) in [7, 11) is 0. The molecule has 0 radical (unpaired) electrons. The van der Waals surface area contributed by atoms with Crippen LogP contribution in [0, 0.1) is 25.7 Å². The van der Waals surface area contributed by atoms with Gasteiger partial charge in [0.15, 0.2) is 0 Å². The van der Waals surface area contributed by atoms with Crippen molar-refractivity contribution in [3.8, 4) is 0 Å². The lowest BCUT2D eigenvalue weighted by Gasteiger charge is -2.21. The molecule has 1 N–H and O–H groups in total. The molecule has 2 amide bonds. The molecule has 136 valence electrons. The zero-order valence-corrected chi connectivity index (χ0v) is 15.7. The number of hydrogen-bond donors (Lipinski definition) is 1. The van der Waals surface area contributed by atoms with Gasteiger partial charge < -0.3 is 10.2 Å². The summed E-state index contributed by atoms with van der Waals surface area (Å²) in [4.78, 5) is 27.1. The third-order valence-corrected chi connectivity index (χ3v) is 4.84. The standard InChI is InChI=1S/C22H26N2O2/c1-4-24(14-17-8-6-5-7-9-17)22(26)20-13-19(20)21(25)23-18-11-15(2)10-16(3)12-18/h5-12,19-20H,4,13-14H2,1-3H3,(H,23,25). The van der Waals surface area contributed by atoms with E-state index in [0.29, 0.717) is 19.5 Å². The lowest BCUT2D eigenvalue weighted by Crippen LogP contribution is -2.33. The Labute approximate surface area is 155 Å². The molecule has 4 heteroatoms. The molecule has 0 aromatic heterocycles. The van der Waals surface area contributed by atoms with Gasteiger partial charge in [-0.2, -0.15) is 0 Å². The van der Waals surface area contributed by atoms with Crippen LogP contribution in [0.25, 0.3) is 0 Å². The molecular formula is C22H26N2O2. The number of benzene rings is 2. The summed E-state index contributed by atoms with van der Waals surface area (Å²) >= 11 is 0. The summed E-state index contributed by atoms with van der Waals surface area (Å²) in [5.41, 5.74) is 4.15. The van der Waals surface area contributed by atoms with Crippen molar-refractivity contribution in [1.29, 1.82) is 0 Å². The van der Waals surface area contributed by atoms with E-state index in [1.54, 1.807) is 0 Å². The van der Waals surface area contributed by atoms with Crippen LogP contribution in [-0.4, -0.2) is 23.3 Å². The number of carbonyl (C=O) groups excluding carboxylic acids is 2. The molecule has 1 fully saturated rings. The Morgan fingerprint density at radius 2 is 1.69 bits per heavy atom. The van der Waals surface area contributed by atoms with Gasteiger partial charge in [0.2, 0.25) is 11.8 Å². The lowest BCUT2D eigenvalue weighted by molar-refractivity contribution is -0.134. The van der Waals surface area contributed by atoms with Crippen LogP contribution in [0.2, 0.25) is 0 Å². The zero-order valence-electron chi connectivity index (χ0n) is 15.7. The van der Waals surface area contributed by atoms with Gasteiger partial charge in [-0.25, -0.2) is 0 Å². The first-order chi connectivity index (χ1) is 12.5. The van der Waals surface area contributed by atoms with Gasteiger partial charge in [0.05, 0.1) is 11.8 Å². The van der Waals surface area contributed by atoms with E-state index in [1.807, 2.05) is 68.1 Å². The smallest absolute Gasteiger partial charge is 0.228 e. The first kappa shape index (κ1) is 18.2. The van der Waals surface area contributed by atoms with Crippen LogP contribution < -0.4 is 5.32 Å². The van der Waals surface area contributed by atoms with Crippen molar-refractivity contribution in [2.45, 2.75) is 33.7 Å². The SMILES string of the molecule is CCN(Cc1ccccc1)C(=O)C1CC1C(=O)Nc1cc(C)cc(C)c1. The highest BCUT2D eigenvalue weighted by molar-refractivity contribution is 5.99. The second kappa shape index (κ2) is 7.73. The van der Waals surface area contributed by atoms with Crippen LogP contribution >= 0.6 is 0 Å². The van der Waals surface area contributed by atoms with Crippen LogP contribution in [0.1, 0.15) is 30.0 Å². The van der Waals surface area contributed by atoms with Crippen molar-refractivity contribution in [1.82, 2.24) is 4.90 Å². The van der Waals surface area contributed by atoms with Gasteiger partial charge >= 0.3 is 0 Å². The number of amides is 2. The highest BCUT2D eigenvalue weighted by Crippen LogP contribution is 2.41. The molecule has 1 saturated carbocycles. The summed E-state index contributed by atoms with van der Waals surface area (Å²) in [5.74, 6) is -0.376. The van der Waals surface area contributed by atoms with E-state index >= 15 is 0 Å². The monoisotopic (exact) mass is 350 g/mol. The van der Waals surface area contributed by atoms with Gasteiger partial charge in [0.1, 0.15) is 0 Å². The fourth-order valence-corrected chi connectivity index (χ4v) is 3.42. The highest BCUT2D eigenvalue weighted by atomic mass is 16.2. The van der Waals surface area contributed by atoms with E-state index in [2.05, 4.69) is 11.4 Å². The number of anilines is 1. The number of hydrogen-bond acceptors (Lipinski definition) is 2. The van der Waals surface area contributed by atoms with E-state index in [4.69, 9.17) is 0 Å². The van der Waals surface area contributed by atoms with E-state index < -0.39 is 0 Å². The van der Waals surface area contributed by atoms with Gasteiger partial charge in [0.25, 0.3) is 0 Å². The average Bonchev–Trinajstić information content (AvgIpc) is 3.40. The minimum atomic E-state index is -0.215. The highest BCUT2D eigenvalue weighted by Gasteiger charge is 2.49. The van der Waals surface area contributed by atoms with Gasteiger partial charge in [-0.1, -0.05) is 36.4 Å². The van der Waals surface area contributed by atoms with Gasteiger partial charge in [0, 0.05) is 18.8 Å². The summed E-state index contributed by atoms with van der Waals surface area (Å²) in [5, 5.41) is 2.97. The fraction of sp³-hybridized carbons (Fsp3) is 0.364. The molecule has 0 spiro atoms. The molecule has 1 aliphatic rings. The Hall–Kier alpha value is -2.62. The first-order valence-electron chi connectivity index (χ1n) is 9.19. The van der Waals surface area contributed by atoms with Crippen molar-refractivity contribution in [2.75, 3.05) is 11.9 Å². The number of rotatable bonds is 6. The van der Waals surface area contributed by atoms with Gasteiger partial charge in [-0.3, -0.25) is 9.59 Å². The predicted molar refractivity (Wildman–Crippen MR) is 104 cm³/mol. The molecule has 0 aliphatic heterocycles. The van der Waals surface area contributed by atoms with E-state index in [0.717, 1.165) is 22.4 Å². The summed E-state index contributed by atoms with van der Waals surface area (Å²) in [6, 6.07) is 15.9. The first-order valence-corrected chi connectivity index (χ1v) is 9.19. The molecule has 1 aliphatic carbocycles. The van der Waals surface area contributed by atoms with Crippen molar-refractivity contribution in [3.63, 3.8) is 0 Å². The molecule has 2 unspecified atom stereocenters. The maximum atomic E-state index is 12.8. The minimum absolute atomic E-state index is 0.0517. The second-order valence-corrected chi connectivity index (χ2v) is 7.15. The minimum Gasteiger partial charge on any atom is -0.338 e. The number of carbonyl (C=O) groups is 2. The van der Waals surface area contributed by atoms with E-state index in [-0.39, 0.29) is 23.7 Å². The topological polar surface area (TPSA) is 49.4 Å². The molecular weight excluding hydrogens is 324 g/mol. The lowest BCUT2D eigenvalue weighted by atomic mass is 10.1. The molecule has 2 aromatic rings. The van der Waals surface area contributed by atoms with Crippen LogP contribution in [0.15, 0.2) is 48.5 Å². The molecule has 2 aromatic carbocycles. The Balaban J connectivity index is 1.59. The molecule has 0 heterocycles. The van der Waals surface area contributed by atoms with Crippen molar-refractivity contribution >= 4 is 17.5 Å². The third kappa shape index (κ3) is 4.31. The fourth-order valence-electron chi connectivity index (χ4n) is 3.42. The number of aryl methyl sites for hydroxylation is 2.